The Morgan fingerprint density at radius 1 is 1.26 bits per heavy atom. The van der Waals surface area contributed by atoms with Gasteiger partial charge in [-0.15, -0.1) is 0 Å². The molecule has 0 saturated carbocycles. The number of aromatic amines is 1. The second kappa shape index (κ2) is 5.85. The van der Waals surface area contributed by atoms with Crippen molar-refractivity contribution in [1.29, 1.82) is 0 Å². The lowest BCUT2D eigenvalue weighted by Gasteiger charge is -2.24. The molecule has 2 aromatic carbocycles. The number of nitrogens with one attached hydrogen (secondary N) is 1. The number of rotatable bonds is 4. The van der Waals surface area contributed by atoms with E-state index in [4.69, 9.17) is 0 Å². The molecule has 0 spiro atoms. The predicted octanol–water partition coefficient (Wildman–Crippen LogP) is 4.46. The third kappa shape index (κ3) is 2.57. The molecule has 0 aliphatic rings. The van der Waals surface area contributed by atoms with E-state index in [1.165, 1.54) is 0 Å². The van der Waals surface area contributed by atoms with Crippen LogP contribution in [-0.4, -0.2) is 15.3 Å². The highest BCUT2D eigenvalue weighted by Gasteiger charge is 2.15. The van der Waals surface area contributed by atoms with Crippen molar-refractivity contribution in [3.63, 3.8) is 0 Å². The monoisotopic (exact) mass is 313 g/mol. The molecule has 1 unspecified atom stereocenters. The zero-order valence-electron chi connectivity index (χ0n) is 13.6. The average Bonchev–Trinajstić information content (AvgIpc) is 2.90. The largest absolute Gasteiger partial charge is 0.733 e. The molecule has 3 rings (SSSR count). The molecule has 122 valence electrons. The molecule has 3 N–H and O–H groups in total. The number of anilines is 1. The Labute approximate surface area is 134 Å². The molecule has 0 aliphatic carbocycles. The summed E-state index contributed by atoms with van der Waals surface area (Å²) < 4.78 is 0. The van der Waals surface area contributed by atoms with Gasteiger partial charge in [-0.25, -0.2) is 0 Å². The van der Waals surface area contributed by atoms with Crippen molar-refractivity contribution in [2.75, 3.05) is 5.23 Å². The van der Waals surface area contributed by atoms with Crippen LogP contribution in [0.1, 0.15) is 42.6 Å². The third-order valence-electron chi connectivity index (χ3n) is 4.48. The number of hydrogen-bond acceptors (Lipinski definition) is 4. The smallest absolute Gasteiger partial charge is 0.0790 e. The van der Waals surface area contributed by atoms with Crippen molar-refractivity contribution >= 4 is 27.5 Å². The van der Waals surface area contributed by atoms with E-state index in [2.05, 4.69) is 4.98 Å². The Balaban J connectivity index is 2.31. The number of aromatic nitrogens is 1. The van der Waals surface area contributed by atoms with Crippen LogP contribution in [0.5, 0.6) is 0 Å². The van der Waals surface area contributed by atoms with Crippen molar-refractivity contribution in [3.05, 3.63) is 46.2 Å². The van der Waals surface area contributed by atoms with Crippen LogP contribution < -0.4 is 5.23 Å². The fourth-order valence-electron chi connectivity index (χ4n) is 3.25. The molecule has 23 heavy (non-hydrogen) atoms. The molecule has 1 heterocycles. The summed E-state index contributed by atoms with van der Waals surface area (Å²) in [6.07, 6.45) is 1.13. The highest BCUT2D eigenvalue weighted by Crippen LogP contribution is 2.36. The van der Waals surface area contributed by atoms with Gasteiger partial charge in [-0.05, 0) is 55.2 Å². The number of fused-ring (bicyclic) bond motifs is 3. The Hall–Kier alpha value is -2.08. The van der Waals surface area contributed by atoms with E-state index in [0.29, 0.717) is 6.42 Å². The third-order valence-corrected chi connectivity index (χ3v) is 4.48. The topological polar surface area (TPSA) is 82.5 Å². The van der Waals surface area contributed by atoms with E-state index in [1.807, 2.05) is 39.0 Å². The number of H-pyrrole nitrogens is 1. The summed E-state index contributed by atoms with van der Waals surface area (Å²) in [4.78, 5) is 3.37. The second-order valence-corrected chi connectivity index (χ2v) is 6.10. The highest BCUT2D eigenvalue weighted by atomic mass is 16.8. The average molecular weight is 313 g/mol. The van der Waals surface area contributed by atoms with Crippen molar-refractivity contribution < 1.29 is 10.3 Å². The van der Waals surface area contributed by atoms with Crippen LogP contribution in [0.3, 0.4) is 0 Å². The molecule has 0 amide bonds. The van der Waals surface area contributed by atoms with Crippen molar-refractivity contribution in [2.24, 2.45) is 0 Å². The van der Waals surface area contributed by atoms with E-state index >= 15 is 0 Å². The standard InChI is InChI=1S/C18H21N2O3/c1-4-5-16(21)12-6-7-14-13(9-12)17-11(3)15(20(22)23)8-10(2)18(17)19-14/h6-9,16,19,21-22H,4-5H2,1-3H3/q-1. The molecule has 0 radical (unpaired) electrons. The molecular formula is C18H21N2O3-. The van der Waals surface area contributed by atoms with Crippen molar-refractivity contribution in [3.8, 4) is 0 Å². The Morgan fingerprint density at radius 3 is 2.65 bits per heavy atom. The highest BCUT2D eigenvalue weighted by molar-refractivity contribution is 6.11. The summed E-state index contributed by atoms with van der Waals surface area (Å²) in [6.45, 7) is 5.76. The molecule has 1 aromatic heterocycles. The maximum absolute atomic E-state index is 11.4. The van der Waals surface area contributed by atoms with Gasteiger partial charge in [0.05, 0.1) is 11.8 Å². The Kier molecular flexibility index (Phi) is 4.02. The molecule has 0 bridgehead atoms. The van der Waals surface area contributed by atoms with E-state index < -0.39 is 6.10 Å². The van der Waals surface area contributed by atoms with E-state index in [9.17, 15) is 15.5 Å². The molecular weight excluding hydrogens is 292 g/mol. The fraction of sp³-hybridized carbons (Fsp3) is 0.333. The lowest BCUT2D eigenvalue weighted by molar-refractivity contribution is 0.166. The van der Waals surface area contributed by atoms with Gasteiger partial charge in [0.15, 0.2) is 0 Å². The predicted molar refractivity (Wildman–Crippen MR) is 92.8 cm³/mol. The maximum atomic E-state index is 11.4. The SMILES string of the molecule is CCCC(O)c1ccc2[nH]c3c(C)cc(N([O-])O)c(C)c3c2c1. The van der Waals surface area contributed by atoms with Gasteiger partial charge in [0.1, 0.15) is 0 Å². The minimum absolute atomic E-state index is 0.0869. The number of aryl methyl sites for hydroxylation is 2. The van der Waals surface area contributed by atoms with Gasteiger partial charge in [-0.3, -0.25) is 5.21 Å². The molecule has 1 atom stereocenters. The van der Waals surface area contributed by atoms with Crippen LogP contribution in [0, 0.1) is 19.1 Å². The van der Waals surface area contributed by atoms with Gasteiger partial charge in [-0.1, -0.05) is 19.4 Å². The molecule has 5 heteroatoms. The number of aliphatic hydroxyl groups excluding tert-OH is 1. The number of nitrogens with zero attached hydrogens (tertiary/aromatic N) is 1. The normalized spacial score (nSPS) is 13.0. The van der Waals surface area contributed by atoms with Crippen LogP contribution in [0.25, 0.3) is 21.8 Å². The molecule has 0 fully saturated rings. The van der Waals surface area contributed by atoms with Gasteiger partial charge >= 0.3 is 0 Å². The van der Waals surface area contributed by atoms with Gasteiger partial charge in [0, 0.05) is 21.8 Å². The zero-order chi connectivity index (χ0) is 16.7. The summed E-state index contributed by atoms with van der Waals surface area (Å²) >= 11 is 0. The summed E-state index contributed by atoms with van der Waals surface area (Å²) in [7, 11) is 0. The van der Waals surface area contributed by atoms with Crippen molar-refractivity contribution in [1.82, 2.24) is 4.98 Å². The van der Waals surface area contributed by atoms with Crippen molar-refractivity contribution in [2.45, 2.75) is 39.7 Å². The number of hydrogen-bond donors (Lipinski definition) is 3. The van der Waals surface area contributed by atoms with Gasteiger partial charge in [0.25, 0.3) is 0 Å². The van der Waals surface area contributed by atoms with Gasteiger partial charge in [-0.2, -0.15) is 0 Å². The van der Waals surface area contributed by atoms with E-state index in [-0.39, 0.29) is 10.9 Å². The zero-order valence-corrected chi connectivity index (χ0v) is 13.6. The first-order valence-corrected chi connectivity index (χ1v) is 7.83. The number of aliphatic hydroxyl groups is 1. The molecule has 0 aliphatic heterocycles. The quantitative estimate of drug-likeness (QED) is 0.621. The van der Waals surface area contributed by atoms with E-state index in [0.717, 1.165) is 44.9 Å². The van der Waals surface area contributed by atoms with Gasteiger partial charge < -0.3 is 20.5 Å². The van der Waals surface area contributed by atoms with Crippen LogP contribution in [0.2, 0.25) is 0 Å². The molecule has 0 saturated heterocycles. The molecule has 3 aromatic rings. The van der Waals surface area contributed by atoms with Crippen LogP contribution >= 0.6 is 0 Å². The first-order valence-electron chi connectivity index (χ1n) is 7.83. The minimum Gasteiger partial charge on any atom is -0.733 e. The minimum atomic E-state index is -0.493. The van der Waals surface area contributed by atoms with E-state index in [1.54, 1.807) is 6.07 Å². The number of benzene rings is 2. The maximum Gasteiger partial charge on any atom is 0.0790 e. The Morgan fingerprint density at radius 2 is 2.00 bits per heavy atom. The summed E-state index contributed by atoms with van der Waals surface area (Å²) in [5.41, 5.74) is 4.62. The van der Waals surface area contributed by atoms with Gasteiger partial charge in [0.2, 0.25) is 0 Å². The lowest BCUT2D eigenvalue weighted by Crippen LogP contribution is -2.09. The second-order valence-electron chi connectivity index (χ2n) is 6.10. The van der Waals surface area contributed by atoms with Crippen LogP contribution in [-0.2, 0) is 0 Å². The first-order chi connectivity index (χ1) is 10.9. The summed E-state index contributed by atoms with van der Waals surface area (Å²) in [5.74, 6) is 0. The Bertz CT molecular complexity index is 868. The summed E-state index contributed by atoms with van der Waals surface area (Å²) in [6, 6.07) is 7.52. The summed E-state index contributed by atoms with van der Waals surface area (Å²) in [5, 5.41) is 32.8. The first kappa shape index (κ1) is 15.8. The lowest BCUT2D eigenvalue weighted by atomic mass is 9.99. The van der Waals surface area contributed by atoms with Crippen LogP contribution in [0.15, 0.2) is 24.3 Å². The fourth-order valence-corrected chi connectivity index (χ4v) is 3.25. The van der Waals surface area contributed by atoms with Crippen LogP contribution in [0.4, 0.5) is 5.69 Å². The molecule has 5 nitrogen and oxygen atoms in total.